The Morgan fingerprint density at radius 3 is 1.69 bits per heavy atom. The molecule has 0 fully saturated rings. The van der Waals surface area contributed by atoms with E-state index in [0.717, 1.165) is 61.8 Å². The fraction of sp³-hybridized carbons (Fsp3) is 0.0851. The first-order valence-corrected chi connectivity index (χ1v) is 17.1. The molecule has 9 rings (SSSR count). The molecule has 2 aliphatic rings. The first-order valence-electron chi connectivity index (χ1n) is 17.1. The molecule has 7 aromatic carbocycles. The molecule has 0 unspecified atom stereocenters. The molecule has 51 heavy (non-hydrogen) atoms. The fourth-order valence-electron chi connectivity index (χ4n) is 7.76. The van der Waals surface area contributed by atoms with E-state index in [1.165, 1.54) is 16.7 Å². The van der Waals surface area contributed by atoms with Crippen LogP contribution in [0.4, 0.5) is 5.69 Å². The number of hydrogen-bond donors (Lipinski definition) is 0. The predicted molar refractivity (Wildman–Crippen MR) is 204 cm³/mol. The SMILES string of the molecule is [C-]#[N+]c1ccc2c(c1)C(C)(C)c1c3c(c4ccccc4c1-2)OC(c1ccc(Oc2ccccc2)cc1)(c1ccc(Oc2ccccc2)cc1)C=C3. The van der Waals surface area contributed by atoms with Crippen LogP contribution in [0.15, 0.2) is 158 Å². The van der Waals surface area contributed by atoms with E-state index in [2.05, 4.69) is 91.5 Å². The van der Waals surface area contributed by atoms with Crippen LogP contribution in [0.1, 0.15) is 41.7 Å². The molecule has 7 aromatic rings. The van der Waals surface area contributed by atoms with Crippen molar-refractivity contribution in [3.05, 3.63) is 197 Å². The van der Waals surface area contributed by atoms with Gasteiger partial charge < -0.3 is 14.2 Å². The van der Waals surface area contributed by atoms with Gasteiger partial charge in [-0.05, 0) is 82.2 Å². The van der Waals surface area contributed by atoms with Crippen molar-refractivity contribution in [3.8, 4) is 39.9 Å². The second-order valence-corrected chi connectivity index (χ2v) is 13.6. The molecule has 0 saturated heterocycles. The molecule has 4 nitrogen and oxygen atoms in total. The van der Waals surface area contributed by atoms with Gasteiger partial charge in [-0.1, -0.05) is 123 Å². The van der Waals surface area contributed by atoms with E-state index in [0.29, 0.717) is 5.69 Å². The summed E-state index contributed by atoms with van der Waals surface area (Å²) in [6.45, 7) is 12.2. The molecule has 4 heteroatoms. The maximum atomic E-state index is 7.70. The van der Waals surface area contributed by atoms with Gasteiger partial charge >= 0.3 is 0 Å². The van der Waals surface area contributed by atoms with Crippen molar-refractivity contribution >= 4 is 22.5 Å². The molecule has 1 aliphatic heterocycles. The average molecular weight is 660 g/mol. The zero-order valence-electron chi connectivity index (χ0n) is 28.3. The Morgan fingerprint density at radius 2 is 1.12 bits per heavy atom. The van der Waals surface area contributed by atoms with Gasteiger partial charge in [0.2, 0.25) is 0 Å². The van der Waals surface area contributed by atoms with Crippen molar-refractivity contribution in [1.29, 1.82) is 0 Å². The lowest BCUT2D eigenvalue weighted by Crippen LogP contribution is -2.35. The molecule has 0 spiro atoms. The number of fused-ring (bicyclic) bond motifs is 8. The fourth-order valence-corrected chi connectivity index (χ4v) is 7.76. The lowest BCUT2D eigenvalue weighted by Gasteiger charge is -2.38. The summed E-state index contributed by atoms with van der Waals surface area (Å²) in [7, 11) is 0. The van der Waals surface area contributed by atoms with E-state index < -0.39 is 5.60 Å². The molecular weight excluding hydrogens is 627 g/mol. The van der Waals surface area contributed by atoms with Gasteiger partial charge in [-0.2, -0.15) is 0 Å². The summed E-state index contributed by atoms with van der Waals surface area (Å²) in [6.07, 6.45) is 4.43. The van der Waals surface area contributed by atoms with Crippen molar-refractivity contribution in [2.45, 2.75) is 24.9 Å². The summed E-state index contributed by atoms with van der Waals surface area (Å²) in [5, 5.41) is 2.18. The zero-order chi connectivity index (χ0) is 34.6. The second-order valence-electron chi connectivity index (χ2n) is 13.6. The molecule has 1 heterocycles. The van der Waals surface area contributed by atoms with E-state index >= 15 is 0 Å². The number of hydrogen-bond acceptors (Lipinski definition) is 3. The van der Waals surface area contributed by atoms with E-state index in [1.807, 2.05) is 91.0 Å². The Hall–Kier alpha value is -6.57. The normalized spacial score (nSPS) is 14.5. The lowest BCUT2D eigenvalue weighted by molar-refractivity contribution is 0.163. The third-order valence-electron chi connectivity index (χ3n) is 10.2. The molecule has 0 amide bonds. The minimum absolute atomic E-state index is 0.347. The second kappa shape index (κ2) is 11.8. The monoisotopic (exact) mass is 659 g/mol. The van der Waals surface area contributed by atoms with Gasteiger partial charge in [-0.25, -0.2) is 4.85 Å². The van der Waals surface area contributed by atoms with Crippen molar-refractivity contribution in [2.75, 3.05) is 0 Å². The summed E-state index contributed by atoms with van der Waals surface area (Å²) in [6, 6.07) is 50.6. The number of benzene rings is 7. The minimum atomic E-state index is -0.951. The van der Waals surface area contributed by atoms with Crippen LogP contribution in [0.5, 0.6) is 28.7 Å². The van der Waals surface area contributed by atoms with Gasteiger partial charge in [0.25, 0.3) is 0 Å². The molecule has 0 saturated carbocycles. The Bertz CT molecular complexity index is 2420. The number of ether oxygens (including phenoxy) is 3. The van der Waals surface area contributed by atoms with Crippen LogP contribution in [0, 0.1) is 6.57 Å². The third-order valence-corrected chi connectivity index (χ3v) is 10.2. The van der Waals surface area contributed by atoms with Gasteiger partial charge in [0.15, 0.2) is 11.3 Å². The van der Waals surface area contributed by atoms with Crippen LogP contribution in [-0.2, 0) is 11.0 Å². The number of para-hydroxylation sites is 2. The summed E-state index contributed by atoms with van der Waals surface area (Å²) < 4.78 is 19.8. The first kappa shape index (κ1) is 30.5. The highest BCUT2D eigenvalue weighted by Gasteiger charge is 2.44. The van der Waals surface area contributed by atoms with Crippen molar-refractivity contribution in [2.24, 2.45) is 0 Å². The summed E-state index contributed by atoms with van der Waals surface area (Å²) in [5.74, 6) is 3.89. The lowest BCUT2D eigenvalue weighted by atomic mass is 9.76. The Balaban J connectivity index is 1.21. The van der Waals surface area contributed by atoms with E-state index in [4.69, 9.17) is 20.8 Å². The van der Waals surface area contributed by atoms with Gasteiger partial charge in [0.05, 0.1) is 6.57 Å². The Labute approximate surface area is 297 Å². The standard InChI is InChI=1S/C47H33NO3/c1-46(2)42-30-33(48-3)22-27-40(42)43-38-16-10-11-17-39(38)45-41(44(43)46)28-29-47(51-45,31-18-23-36(24-19-31)49-34-12-6-4-7-13-34)32-20-25-37(26-21-32)50-35-14-8-5-9-15-35/h4-30H,1-2H3. The van der Waals surface area contributed by atoms with Crippen molar-refractivity contribution in [3.63, 3.8) is 0 Å². The maximum absolute atomic E-state index is 7.70. The maximum Gasteiger partial charge on any atom is 0.187 e. The highest BCUT2D eigenvalue weighted by molar-refractivity contribution is 6.08. The van der Waals surface area contributed by atoms with Crippen molar-refractivity contribution in [1.82, 2.24) is 0 Å². The number of rotatable bonds is 6. The Morgan fingerprint density at radius 1 is 0.588 bits per heavy atom. The van der Waals surface area contributed by atoms with Crippen molar-refractivity contribution < 1.29 is 14.2 Å². The Kier molecular flexibility index (Phi) is 7.05. The molecule has 0 atom stereocenters. The van der Waals surface area contributed by atoms with Crippen LogP contribution < -0.4 is 14.2 Å². The predicted octanol–water partition coefficient (Wildman–Crippen LogP) is 12.6. The highest BCUT2D eigenvalue weighted by Crippen LogP contribution is 2.58. The molecule has 0 radical (unpaired) electrons. The third kappa shape index (κ3) is 4.97. The van der Waals surface area contributed by atoms with Gasteiger partial charge in [-0.3, -0.25) is 0 Å². The molecular formula is C47H33NO3. The largest absolute Gasteiger partial charge is 0.472 e. The van der Waals surface area contributed by atoms with Gasteiger partial charge in [0, 0.05) is 27.5 Å². The molecule has 0 bridgehead atoms. The van der Waals surface area contributed by atoms with Crippen LogP contribution in [-0.4, -0.2) is 0 Å². The minimum Gasteiger partial charge on any atom is -0.472 e. The topological polar surface area (TPSA) is 32.0 Å². The van der Waals surface area contributed by atoms with E-state index in [-0.39, 0.29) is 5.41 Å². The van der Waals surface area contributed by atoms with Crippen LogP contribution >= 0.6 is 0 Å². The van der Waals surface area contributed by atoms with Gasteiger partial charge in [0.1, 0.15) is 28.7 Å². The van der Waals surface area contributed by atoms with Crippen LogP contribution in [0.3, 0.4) is 0 Å². The number of nitrogens with zero attached hydrogens (tertiary/aromatic N) is 1. The van der Waals surface area contributed by atoms with E-state index in [1.54, 1.807) is 0 Å². The van der Waals surface area contributed by atoms with Crippen LogP contribution in [0.2, 0.25) is 0 Å². The zero-order valence-corrected chi connectivity index (χ0v) is 28.3. The van der Waals surface area contributed by atoms with E-state index in [9.17, 15) is 0 Å². The first-order chi connectivity index (χ1) is 24.9. The van der Waals surface area contributed by atoms with Crippen LogP contribution in [0.25, 0.3) is 32.8 Å². The molecule has 0 aromatic heterocycles. The summed E-state index contributed by atoms with van der Waals surface area (Å²) in [4.78, 5) is 3.76. The quantitative estimate of drug-likeness (QED) is 0.167. The van der Waals surface area contributed by atoms with Gasteiger partial charge in [-0.15, -0.1) is 0 Å². The summed E-state index contributed by atoms with van der Waals surface area (Å²) in [5.41, 5.74) is 7.13. The molecule has 244 valence electrons. The average Bonchev–Trinajstić information content (AvgIpc) is 3.42. The smallest absolute Gasteiger partial charge is 0.187 e. The molecule has 1 aliphatic carbocycles. The summed E-state index contributed by atoms with van der Waals surface area (Å²) >= 11 is 0. The molecule has 0 N–H and O–H groups in total. The highest BCUT2D eigenvalue weighted by atomic mass is 16.5.